The first-order valence-electron chi connectivity index (χ1n) is 4.65. The van der Waals surface area contributed by atoms with E-state index in [-0.39, 0.29) is 6.10 Å². The van der Waals surface area contributed by atoms with Crippen LogP contribution >= 0.6 is 0 Å². The fraction of sp³-hybridized carbons (Fsp3) is 1.00. The molecule has 1 aliphatic rings. The summed E-state index contributed by atoms with van der Waals surface area (Å²) in [6.45, 7) is 5.43. The van der Waals surface area contributed by atoms with Crippen LogP contribution in [-0.2, 0) is 0 Å². The lowest BCUT2D eigenvalue weighted by molar-refractivity contribution is 0.102. The summed E-state index contributed by atoms with van der Waals surface area (Å²) < 4.78 is 0. The molecule has 0 radical (unpaired) electrons. The first-order chi connectivity index (χ1) is 5.24. The molecule has 0 aromatic rings. The molecule has 3 atom stereocenters. The molecule has 1 heterocycles. The van der Waals surface area contributed by atoms with Crippen molar-refractivity contribution in [3.63, 3.8) is 0 Å². The molecule has 1 aliphatic heterocycles. The minimum absolute atomic E-state index is 0.0600. The Kier molecular flexibility index (Phi) is 3.34. The van der Waals surface area contributed by atoms with Crippen molar-refractivity contribution in [2.24, 2.45) is 5.92 Å². The van der Waals surface area contributed by atoms with Gasteiger partial charge >= 0.3 is 0 Å². The molecule has 0 bridgehead atoms. The summed E-state index contributed by atoms with van der Waals surface area (Å²) in [6, 6.07) is 0.545. The molecule has 0 aromatic carbocycles. The third kappa shape index (κ3) is 2.46. The number of hydrogen-bond acceptors (Lipinski definition) is 2. The summed E-state index contributed by atoms with van der Waals surface area (Å²) in [5.41, 5.74) is 0. The van der Waals surface area contributed by atoms with Crippen LogP contribution in [0.5, 0.6) is 0 Å². The SMILES string of the molecule is CCC(C)C1CC(O)CCN1. The summed E-state index contributed by atoms with van der Waals surface area (Å²) in [5, 5.41) is 12.8. The summed E-state index contributed by atoms with van der Waals surface area (Å²) in [6.07, 6.45) is 3.00. The molecule has 2 N–H and O–H groups in total. The zero-order valence-corrected chi connectivity index (χ0v) is 7.51. The third-order valence-corrected chi connectivity index (χ3v) is 2.74. The van der Waals surface area contributed by atoms with Gasteiger partial charge in [0.2, 0.25) is 0 Å². The molecule has 66 valence electrons. The molecule has 11 heavy (non-hydrogen) atoms. The Bertz CT molecular complexity index is 116. The number of aliphatic hydroxyl groups excluding tert-OH is 1. The van der Waals surface area contributed by atoms with Crippen molar-refractivity contribution < 1.29 is 5.11 Å². The minimum atomic E-state index is -0.0600. The Balaban J connectivity index is 2.33. The van der Waals surface area contributed by atoms with Gasteiger partial charge in [0.05, 0.1) is 6.10 Å². The van der Waals surface area contributed by atoms with E-state index < -0.39 is 0 Å². The van der Waals surface area contributed by atoms with Gasteiger partial charge in [-0.15, -0.1) is 0 Å². The van der Waals surface area contributed by atoms with E-state index in [0.29, 0.717) is 12.0 Å². The van der Waals surface area contributed by atoms with Gasteiger partial charge in [0.15, 0.2) is 0 Å². The smallest absolute Gasteiger partial charge is 0.0567 e. The average molecular weight is 157 g/mol. The molecular formula is C9H19NO. The molecule has 1 saturated heterocycles. The van der Waals surface area contributed by atoms with Gasteiger partial charge in [-0.2, -0.15) is 0 Å². The zero-order chi connectivity index (χ0) is 8.27. The van der Waals surface area contributed by atoms with Gasteiger partial charge in [-0.3, -0.25) is 0 Å². The molecule has 1 rings (SSSR count). The van der Waals surface area contributed by atoms with E-state index in [0.717, 1.165) is 19.4 Å². The van der Waals surface area contributed by atoms with Crippen LogP contribution in [0.3, 0.4) is 0 Å². The van der Waals surface area contributed by atoms with E-state index in [9.17, 15) is 5.11 Å². The molecule has 0 aliphatic carbocycles. The first kappa shape index (κ1) is 9.01. The molecule has 0 aromatic heterocycles. The number of rotatable bonds is 2. The number of piperidine rings is 1. The summed E-state index contributed by atoms with van der Waals surface area (Å²) in [7, 11) is 0. The van der Waals surface area contributed by atoms with Crippen LogP contribution in [0.2, 0.25) is 0 Å². The monoisotopic (exact) mass is 157 g/mol. The van der Waals surface area contributed by atoms with Crippen molar-refractivity contribution >= 4 is 0 Å². The second-order valence-corrected chi connectivity index (χ2v) is 3.62. The first-order valence-corrected chi connectivity index (χ1v) is 4.65. The largest absolute Gasteiger partial charge is 0.393 e. The molecule has 1 fully saturated rings. The Morgan fingerprint density at radius 3 is 2.91 bits per heavy atom. The summed E-state index contributed by atoms with van der Waals surface area (Å²) in [5.74, 6) is 0.699. The van der Waals surface area contributed by atoms with Crippen LogP contribution in [-0.4, -0.2) is 23.8 Å². The van der Waals surface area contributed by atoms with Crippen LogP contribution < -0.4 is 5.32 Å². The van der Waals surface area contributed by atoms with Crippen LogP contribution in [0.4, 0.5) is 0 Å². The van der Waals surface area contributed by atoms with Crippen molar-refractivity contribution in [3.05, 3.63) is 0 Å². The van der Waals surface area contributed by atoms with Crippen molar-refractivity contribution in [3.8, 4) is 0 Å². The summed E-state index contributed by atoms with van der Waals surface area (Å²) >= 11 is 0. The number of nitrogens with one attached hydrogen (secondary N) is 1. The van der Waals surface area contributed by atoms with Crippen molar-refractivity contribution in [1.29, 1.82) is 0 Å². The standard InChI is InChI=1S/C9H19NO/c1-3-7(2)9-6-8(11)4-5-10-9/h7-11H,3-6H2,1-2H3. The van der Waals surface area contributed by atoms with Crippen molar-refractivity contribution in [1.82, 2.24) is 5.32 Å². The lowest BCUT2D eigenvalue weighted by Gasteiger charge is -2.31. The summed E-state index contributed by atoms with van der Waals surface area (Å²) in [4.78, 5) is 0. The Hall–Kier alpha value is -0.0800. The van der Waals surface area contributed by atoms with Gasteiger partial charge in [0.1, 0.15) is 0 Å². The van der Waals surface area contributed by atoms with Crippen LogP contribution in [0, 0.1) is 5.92 Å². The van der Waals surface area contributed by atoms with E-state index >= 15 is 0 Å². The lowest BCUT2D eigenvalue weighted by atomic mass is 9.90. The fourth-order valence-electron chi connectivity index (χ4n) is 1.65. The topological polar surface area (TPSA) is 32.3 Å². The van der Waals surface area contributed by atoms with Crippen LogP contribution in [0.1, 0.15) is 33.1 Å². The lowest BCUT2D eigenvalue weighted by Crippen LogP contribution is -2.43. The Labute approximate surface area is 69.0 Å². The Morgan fingerprint density at radius 1 is 1.64 bits per heavy atom. The highest BCUT2D eigenvalue weighted by Crippen LogP contribution is 2.17. The van der Waals surface area contributed by atoms with Crippen LogP contribution in [0.15, 0.2) is 0 Å². The highest BCUT2D eigenvalue weighted by atomic mass is 16.3. The van der Waals surface area contributed by atoms with E-state index in [1.165, 1.54) is 6.42 Å². The molecule has 0 spiro atoms. The molecular weight excluding hydrogens is 138 g/mol. The third-order valence-electron chi connectivity index (χ3n) is 2.74. The molecule has 0 saturated carbocycles. The highest BCUT2D eigenvalue weighted by molar-refractivity contribution is 4.80. The minimum Gasteiger partial charge on any atom is -0.393 e. The van der Waals surface area contributed by atoms with Gasteiger partial charge < -0.3 is 10.4 Å². The number of aliphatic hydroxyl groups is 1. The second kappa shape index (κ2) is 4.07. The van der Waals surface area contributed by atoms with Gasteiger partial charge in [-0.05, 0) is 25.3 Å². The van der Waals surface area contributed by atoms with E-state index in [4.69, 9.17) is 0 Å². The van der Waals surface area contributed by atoms with Crippen LogP contribution in [0.25, 0.3) is 0 Å². The molecule has 2 nitrogen and oxygen atoms in total. The zero-order valence-electron chi connectivity index (χ0n) is 7.51. The van der Waals surface area contributed by atoms with Crippen molar-refractivity contribution in [2.75, 3.05) is 6.54 Å². The van der Waals surface area contributed by atoms with Gasteiger partial charge in [-0.1, -0.05) is 20.3 Å². The highest BCUT2D eigenvalue weighted by Gasteiger charge is 2.22. The normalized spacial score (nSPS) is 35.2. The molecule has 3 unspecified atom stereocenters. The number of hydrogen-bond donors (Lipinski definition) is 2. The molecule has 2 heteroatoms. The van der Waals surface area contributed by atoms with E-state index in [1.54, 1.807) is 0 Å². The quantitative estimate of drug-likeness (QED) is 0.630. The average Bonchev–Trinajstić information content (AvgIpc) is 2.03. The maximum atomic E-state index is 9.38. The predicted octanol–water partition coefficient (Wildman–Crippen LogP) is 1.15. The maximum Gasteiger partial charge on any atom is 0.0567 e. The van der Waals surface area contributed by atoms with Gasteiger partial charge in [0, 0.05) is 6.04 Å². The molecule has 0 amide bonds. The Morgan fingerprint density at radius 2 is 2.36 bits per heavy atom. The predicted molar refractivity (Wildman–Crippen MR) is 46.5 cm³/mol. The fourth-order valence-corrected chi connectivity index (χ4v) is 1.65. The second-order valence-electron chi connectivity index (χ2n) is 3.62. The van der Waals surface area contributed by atoms with Gasteiger partial charge in [-0.25, -0.2) is 0 Å². The van der Waals surface area contributed by atoms with E-state index in [2.05, 4.69) is 19.2 Å². The van der Waals surface area contributed by atoms with Gasteiger partial charge in [0.25, 0.3) is 0 Å². The van der Waals surface area contributed by atoms with Crippen molar-refractivity contribution in [2.45, 2.75) is 45.3 Å². The maximum absolute atomic E-state index is 9.38. The van der Waals surface area contributed by atoms with E-state index in [1.807, 2.05) is 0 Å².